The molecule has 3 N–H and O–H groups in total. The first-order chi connectivity index (χ1) is 11.4. The molecule has 2 aromatic heterocycles. The van der Waals surface area contributed by atoms with Gasteiger partial charge in [0.25, 0.3) is 0 Å². The SMILES string of the molecule is CCNC(=NCC(C)(O)c1ccsc1)NCCc1sc(C)nc1C. The van der Waals surface area contributed by atoms with Crippen LogP contribution in [0.1, 0.15) is 35.0 Å². The van der Waals surface area contributed by atoms with Crippen molar-refractivity contribution in [2.45, 2.75) is 39.7 Å². The lowest BCUT2D eigenvalue weighted by Gasteiger charge is -2.21. The van der Waals surface area contributed by atoms with Crippen LogP contribution in [0.15, 0.2) is 21.8 Å². The summed E-state index contributed by atoms with van der Waals surface area (Å²) in [5.41, 5.74) is 1.07. The summed E-state index contributed by atoms with van der Waals surface area (Å²) in [6.07, 6.45) is 0.919. The van der Waals surface area contributed by atoms with Gasteiger partial charge in [-0.05, 0) is 50.1 Å². The van der Waals surface area contributed by atoms with Crippen LogP contribution in [-0.4, -0.2) is 35.7 Å². The third-order valence-corrected chi connectivity index (χ3v) is 5.49. The molecule has 0 amide bonds. The molecule has 0 spiro atoms. The molecule has 24 heavy (non-hydrogen) atoms. The van der Waals surface area contributed by atoms with E-state index in [0.717, 1.165) is 41.7 Å². The van der Waals surface area contributed by atoms with Gasteiger partial charge in [-0.25, -0.2) is 9.98 Å². The molecule has 0 aliphatic carbocycles. The molecule has 0 bridgehead atoms. The molecule has 0 saturated carbocycles. The number of nitrogens with zero attached hydrogens (tertiary/aromatic N) is 2. The second-order valence-electron chi connectivity index (χ2n) is 5.90. The van der Waals surface area contributed by atoms with E-state index in [1.807, 2.05) is 30.7 Å². The number of hydrogen-bond acceptors (Lipinski definition) is 5. The number of rotatable bonds is 7. The van der Waals surface area contributed by atoms with Crippen LogP contribution in [-0.2, 0) is 12.0 Å². The van der Waals surface area contributed by atoms with E-state index in [1.165, 1.54) is 4.88 Å². The van der Waals surface area contributed by atoms with Gasteiger partial charge in [0, 0.05) is 24.4 Å². The summed E-state index contributed by atoms with van der Waals surface area (Å²) in [6.45, 7) is 9.80. The molecule has 5 nitrogen and oxygen atoms in total. The predicted octanol–water partition coefficient (Wildman–Crippen LogP) is 2.83. The average Bonchev–Trinajstić information content (AvgIpc) is 3.15. The van der Waals surface area contributed by atoms with Gasteiger partial charge in [-0.1, -0.05) is 0 Å². The van der Waals surface area contributed by atoms with Crippen molar-refractivity contribution in [3.8, 4) is 0 Å². The molecular weight excluding hydrogens is 340 g/mol. The normalized spacial score (nSPS) is 14.5. The molecular formula is C17H26N4OS2. The van der Waals surface area contributed by atoms with Crippen molar-refractivity contribution in [2.24, 2.45) is 4.99 Å². The molecule has 0 aromatic carbocycles. The van der Waals surface area contributed by atoms with E-state index in [0.29, 0.717) is 6.54 Å². The Kier molecular flexibility index (Phi) is 6.77. The number of thiazole rings is 1. The van der Waals surface area contributed by atoms with Crippen LogP contribution >= 0.6 is 22.7 Å². The summed E-state index contributed by atoms with van der Waals surface area (Å²) in [5, 5.41) is 22.2. The van der Waals surface area contributed by atoms with Gasteiger partial charge in [0.05, 0.1) is 17.2 Å². The number of hydrogen-bond donors (Lipinski definition) is 3. The van der Waals surface area contributed by atoms with Crippen LogP contribution < -0.4 is 10.6 Å². The van der Waals surface area contributed by atoms with Crippen LogP contribution in [0.2, 0.25) is 0 Å². The predicted molar refractivity (Wildman–Crippen MR) is 103 cm³/mol. The molecule has 7 heteroatoms. The van der Waals surface area contributed by atoms with Crippen molar-refractivity contribution in [3.05, 3.63) is 38.0 Å². The Balaban J connectivity index is 1.92. The van der Waals surface area contributed by atoms with Crippen molar-refractivity contribution in [3.63, 3.8) is 0 Å². The summed E-state index contributed by atoms with van der Waals surface area (Å²) >= 11 is 3.33. The Bertz CT molecular complexity index is 662. The molecule has 1 atom stereocenters. The summed E-state index contributed by atoms with van der Waals surface area (Å²) in [4.78, 5) is 10.3. The Labute approximate surface area is 151 Å². The second kappa shape index (κ2) is 8.60. The van der Waals surface area contributed by atoms with Crippen molar-refractivity contribution in [2.75, 3.05) is 19.6 Å². The topological polar surface area (TPSA) is 69.5 Å². The Morgan fingerprint density at radius 3 is 2.75 bits per heavy atom. The zero-order chi connectivity index (χ0) is 17.6. The lowest BCUT2D eigenvalue weighted by atomic mass is 10.00. The van der Waals surface area contributed by atoms with E-state index in [-0.39, 0.29) is 0 Å². The first-order valence-electron chi connectivity index (χ1n) is 8.12. The summed E-state index contributed by atoms with van der Waals surface area (Å²) in [7, 11) is 0. The van der Waals surface area contributed by atoms with Gasteiger partial charge in [0.2, 0.25) is 0 Å². The first-order valence-corrected chi connectivity index (χ1v) is 9.88. The van der Waals surface area contributed by atoms with Crippen LogP contribution in [0.5, 0.6) is 0 Å². The van der Waals surface area contributed by atoms with Crippen LogP contribution in [0.4, 0.5) is 0 Å². The largest absolute Gasteiger partial charge is 0.383 e. The maximum atomic E-state index is 10.6. The number of thiophene rings is 1. The van der Waals surface area contributed by atoms with Crippen LogP contribution in [0.3, 0.4) is 0 Å². The van der Waals surface area contributed by atoms with E-state index in [4.69, 9.17) is 0 Å². The molecule has 2 heterocycles. The highest BCUT2D eigenvalue weighted by Crippen LogP contribution is 2.23. The Morgan fingerprint density at radius 2 is 2.17 bits per heavy atom. The number of aliphatic hydroxyl groups is 1. The van der Waals surface area contributed by atoms with Gasteiger partial charge in [-0.15, -0.1) is 11.3 Å². The number of guanidine groups is 1. The molecule has 2 aromatic rings. The van der Waals surface area contributed by atoms with E-state index in [9.17, 15) is 5.11 Å². The lowest BCUT2D eigenvalue weighted by Crippen LogP contribution is -2.39. The third-order valence-electron chi connectivity index (χ3n) is 3.68. The van der Waals surface area contributed by atoms with Gasteiger partial charge < -0.3 is 15.7 Å². The second-order valence-corrected chi connectivity index (χ2v) is 7.97. The Morgan fingerprint density at radius 1 is 1.38 bits per heavy atom. The highest BCUT2D eigenvalue weighted by molar-refractivity contribution is 7.11. The van der Waals surface area contributed by atoms with Crippen molar-refractivity contribution >= 4 is 28.6 Å². The molecule has 0 aliphatic heterocycles. The first kappa shape index (κ1) is 18.9. The van der Waals surface area contributed by atoms with Gasteiger partial charge in [0.1, 0.15) is 5.60 Å². The fourth-order valence-corrected chi connectivity index (χ4v) is 4.06. The minimum Gasteiger partial charge on any atom is -0.383 e. The number of aliphatic imine (C=N–C) groups is 1. The van der Waals surface area contributed by atoms with Crippen molar-refractivity contribution in [1.82, 2.24) is 15.6 Å². The maximum Gasteiger partial charge on any atom is 0.191 e. The van der Waals surface area contributed by atoms with Gasteiger partial charge in [-0.3, -0.25) is 0 Å². The van der Waals surface area contributed by atoms with E-state index in [1.54, 1.807) is 29.6 Å². The molecule has 0 aliphatic rings. The van der Waals surface area contributed by atoms with Gasteiger partial charge in [0.15, 0.2) is 5.96 Å². The average molecular weight is 367 g/mol. The highest BCUT2D eigenvalue weighted by atomic mass is 32.1. The lowest BCUT2D eigenvalue weighted by molar-refractivity contribution is 0.0677. The quantitative estimate of drug-likeness (QED) is 0.521. The van der Waals surface area contributed by atoms with Gasteiger partial charge in [-0.2, -0.15) is 11.3 Å². The smallest absolute Gasteiger partial charge is 0.191 e. The van der Waals surface area contributed by atoms with Crippen LogP contribution in [0, 0.1) is 13.8 Å². The molecule has 2 rings (SSSR count). The van der Waals surface area contributed by atoms with Crippen molar-refractivity contribution in [1.29, 1.82) is 0 Å². The highest BCUT2D eigenvalue weighted by Gasteiger charge is 2.23. The zero-order valence-corrected chi connectivity index (χ0v) is 16.4. The monoisotopic (exact) mass is 366 g/mol. The number of nitrogens with one attached hydrogen (secondary N) is 2. The van der Waals surface area contributed by atoms with Crippen LogP contribution in [0.25, 0.3) is 0 Å². The molecule has 132 valence electrons. The fraction of sp³-hybridized carbons (Fsp3) is 0.529. The Hall–Kier alpha value is -1.44. The minimum atomic E-state index is -0.951. The molecule has 0 saturated heterocycles. The van der Waals surface area contributed by atoms with E-state index in [2.05, 4.69) is 27.5 Å². The third kappa shape index (κ3) is 5.29. The standard InChI is InChI=1S/C17H26N4OS2/c1-5-18-16(19-8-6-15-12(2)21-13(3)24-15)20-11-17(4,22)14-7-9-23-10-14/h7,9-10,22H,5-6,8,11H2,1-4H3,(H2,18,19,20). The molecule has 0 fully saturated rings. The minimum absolute atomic E-state index is 0.317. The van der Waals surface area contributed by atoms with E-state index >= 15 is 0 Å². The molecule has 0 radical (unpaired) electrons. The number of aromatic nitrogens is 1. The zero-order valence-electron chi connectivity index (χ0n) is 14.7. The molecule has 1 unspecified atom stereocenters. The van der Waals surface area contributed by atoms with Crippen molar-refractivity contribution < 1.29 is 5.11 Å². The van der Waals surface area contributed by atoms with E-state index < -0.39 is 5.60 Å². The maximum absolute atomic E-state index is 10.6. The summed E-state index contributed by atoms with van der Waals surface area (Å²) < 4.78 is 0. The summed E-state index contributed by atoms with van der Waals surface area (Å²) in [6, 6.07) is 1.94. The summed E-state index contributed by atoms with van der Waals surface area (Å²) in [5.74, 6) is 0.729. The fourth-order valence-electron chi connectivity index (χ4n) is 2.34. The van der Waals surface area contributed by atoms with Gasteiger partial charge >= 0.3 is 0 Å². The number of aryl methyl sites for hydroxylation is 2.